The number of nitrogens with zero attached hydrogens (tertiary/aromatic N) is 1. The molecule has 1 aromatic carbocycles. The van der Waals surface area contributed by atoms with E-state index in [1.807, 2.05) is 0 Å². The van der Waals surface area contributed by atoms with E-state index in [4.69, 9.17) is 28.3 Å². The normalized spacial score (nSPS) is 10.3. The largest absolute Gasteiger partial charge is 0.478 e. The summed E-state index contributed by atoms with van der Waals surface area (Å²) in [7, 11) is 0. The number of hydrogen-bond donors (Lipinski definition) is 1. The Labute approximate surface area is 118 Å². The van der Waals surface area contributed by atoms with Gasteiger partial charge in [-0.1, -0.05) is 35.0 Å². The van der Waals surface area contributed by atoms with Gasteiger partial charge in [0.1, 0.15) is 5.03 Å². The summed E-state index contributed by atoms with van der Waals surface area (Å²) in [5.74, 6) is -1.02. The average Bonchev–Trinajstić information content (AvgIpc) is 2.34. The molecule has 0 fully saturated rings. The zero-order valence-corrected chi connectivity index (χ0v) is 11.3. The molecule has 0 unspecified atom stereocenters. The van der Waals surface area contributed by atoms with Crippen molar-refractivity contribution in [2.24, 2.45) is 0 Å². The maximum atomic E-state index is 11.1. The van der Waals surface area contributed by atoms with Gasteiger partial charge in [0.05, 0.1) is 10.6 Å². The Balaban J connectivity index is 2.34. The fourth-order valence-electron chi connectivity index (χ4n) is 1.29. The lowest BCUT2D eigenvalue weighted by Crippen LogP contribution is -1.98. The number of carboxylic acid groups (broad SMARTS) is 1. The van der Waals surface area contributed by atoms with Gasteiger partial charge in [-0.2, -0.15) is 0 Å². The van der Waals surface area contributed by atoms with Crippen molar-refractivity contribution in [1.82, 2.24) is 4.98 Å². The number of carboxylic acids is 1. The van der Waals surface area contributed by atoms with Gasteiger partial charge in [0, 0.05) is 16.1 Å². The summed E-state index contributed by atoms with van der Waals surface area (Å²) in [5.41, 5.74) is 0.157. The van der Waals surface area contributed by atoms with Gasteiger partial charge < -0.3 is 5.11 Å². The highest BCUT2D eigenvalue weighted by atomic mass is 35.5. The fourth-order valence-corrected chi connectivity index (χ4v) is 2.44. The molecule has 3 nitrogen and oxygen atoms in total. The first-order valence-corrected chi connectivity index (χ1v) is 6.46. The average molecular weight is 300 g/mol. The van der Waals surface area contributed by atoms with Crippen LogP contribution in [0.1, 0.15) is 10.4 Å². The number of aromatic nitrogens is 1. The zero-order chi connectivity index (χ0) is 13.1. The number of hydrogen-bond acceptors (Lipinski definition) is 3. The third-order valence-electron chi connectivity index (χ3n) is 2.09. The van der Waals surface area contributed by atoms with Crippen molar-refractivity contribution in [3.63, 3.8) is 0 Å². The van der Waals surface area contributed by atoms with Gasteiger partial charge in [0.15, 0.2) is 0 Å². The fraction of sp³-hybridized carbons (Fsp3) is 0. The van der Waals surface area contributed by atoms with Crippen molar-refractivity contribution in [2.75, 3.05) is 0 Å². The smallest absolute Gasteiger partial charge is 0.336 e. The summed E-state index contributed by atoms with van der Waals surface area (Å²) >= 11 is 12.8. The Morgan fingerprint density at radius 1 is 1.17 bits per heavy atom. The van der Waals surface area contributed by atoms with Crippen LogP contribution < -0.4 is 0 Å². The number of benzene rings is 1. The van der Waals surface area contributed by atoms with Gasteiger partial charge in [-0.05, 0) is 30.3 Å². The van der Waals surface area contributed by atoms with Crippen LogP contribution in [0, 0.1) is 0 Å². The lowest BCUT2D eigenvalue weighted by Gasteiger charge is -2.05. The first-order valence-electron chi connectivity index (χ1n) is 4.88. The third-order valence-corrected chi connectivity index (χ3v) is 3.57. The topological polar surface area (TPSA) is 50.2 Å². The first kappa shape index (κ1) is 13.2. The molecule has 0 aliphatic carbocycles. The van der Waals surface area contributed by atoms with Crippen LogP contribution in [0.4, 0.5) is 0 Å². The number of rotatable bonds is 3. The minimum Gasteiger partial charge on any atom is -0.478 e. The molecule has 1 N–H and O–H groups in total. The summed E-state index contributed by atoms with van der Waals surface area (Å²) in [5, 5.41) is 10.7. The Kier molecular flexibility index (Phi) is 4.11. The number of pyridine rings is 1. The molecule has 0 aliphatic rings. The van der Waals surface area contributed by atoms with Gasteiger partial charge in [0.25, 0.3) is 0 Å². The van der Waals surface area contributed by atoms with Gasteiger partial charge in [-0.15, -0.1) is 0 Å². The molecule has 6 heteroatoms. The Bertz CT molecular complexity index is 587. The zero-order valence-electron chi connectivity index (χ0n) is 8.93. The maximum Gasteiger partial charge on any atom is 0.336 e. The molecule has 1 aromatic heterocycles. The molecule has 0 bridgehead atoms. The van der Waals surface area contributed by atoms with Gasteiger partial charge >= 0.3 is 5.97 Å². The van der Waals surface area contributed by atoms with E-state index in [1.54, 1.807) is 24.3 Å². The summed E-state index contributed by atoms with van der Waals surface area (Å²) < 4.78 is 0. The Morgan fingerprint density at radius 2 is 1.89 bits per heavy atom. The molecule has 0 aliphatic heterocycles. The molecule has 0 spiro atoms. The van der Waals surface area contributed by atoms with Crippen LogP contribution in [0.15, 0.2) is 46.5 Å². The summed E-state index contributed by atoms with van der Waals surface area (Å²) in [6.45, 7) is 0. The highest BCUT2D eigenvalue weighted by Gasteiger charge is 2.12. The third kappa shape index (κ3) is 3.16. The van der Waals surface area contributed by atoms with E-state index in [-0.39, 0.29) is 5.56 Å². The molecular formula is C12H7Cl2NO2S. The molecule has 0 radical (unpaired) electrons. The van der Waals surface area contributed by atoms with Crippen molar-refractivity contribution in [1.29, 1.82) is 0 Å². The second-order valence-electron chi connectivity index (χ2n) is 3.36. The van der Waals surface area contributed by atoms with Crippen molar-refractivity contribution < 1.29 is 9.90 Å². The summed E-state index contributed by atoms with van der Waals surface area (Å²) in [6, 6.07) is 8.15. The summed E-state index contributed by atoms with van der Waals surface area (Å²) in [4.78, 5) is 15.8. The highest BCUT2D eigenvalue weighted by molar-refractivity contribution is 7.99. The van der Waals surface area contributed by atoms with E-state index in [9.17, 15) is 4.79 Å². The molecule has 0 atom stereocenters. The molecule has 18 heavy (non-hydrogen) atoms. The van der Waals surface area contributed by atoms with Crippen molar-refractivity contribution >= 4 is 40.9 Å². The van der Waals surface area contributed by atoms with Crippen LogP contribution in [-0.2, 0) is 0 Å². The first-order chi connectivity index (χ1) is 8.56. The predicted molar refractivity (Wildman–Crippen MR) is 71.8 cm³/mol. The quantitative estimate of drug-likeness (QED) is 0.921. The molecule has 0 saturated carbocycles. The van der Waals surface area contributed by atoms with E-state index >= 15 is 0 Å². The monoisotopic (exact) mass is 299 g/mol. The van der Waals surface area contributed by atoms with Gasteiger partial charge in [0.2, 0.25) is 0 Å². The lowest BCUT2D eigenvalue weighted by atomic mass is 10.2. The molecular weight excluding hydrogens is 293 g/mol. The van der Waals surface area contributed by atoms with Crippen LogP contribution in [-0.4, -0.2) is 16.1 Å². The Morgan fingerprint density at radius 3 is 2.50 bits per heavy atom. The molecule has 0 amide bonds. The standard InChI is InChI=1S/C12H7Cl2NO2S/c13-7-1-3-10(9(5-7)12(16)17)18-11-4-2-8(14)6-15-11/h1-6H,(H,16,17). The molecule has 1 heterocycles. The van der Waals surface area contributed by atoms with Crippen LogP contribution in [0.5, 0.6) is 0 Å². The van der Waals surface area contributed by atoms with E-state index < -0.39 is 5.97 Å². The second-order valence-corrected chi connectivity index (χ2v) is 5.30. The SMILES string of the molecule is O=C(O)c1cc(Cl)ccc1Sc1ccc(Cl)cn1. The van der Waals surface area contributed by atoms with Gasteiger partial charge in [-0.3, -0.25) is 0 Å². The minimum atomic E-state index is -1.02. The van der Waals surface area contributed by atoms with E-state index in [0.717, 1.165) is 0 Å². The van der Waals surface area contributed by atoms with E-state index in [2.05, 4.69) is 4.98 Å². The van der Waals surface area contributed by atoms with Crippen LogP contribution in [0.25, 0.3) is 0 Å². The second kappa shape index (κ2) is 5.61. The molecule has 0 saturated heterocycles. The lowest BCUT2D eigenvalue weighted by molar-refractivity contribution is 0.0693. The van der Waals surface area contributed by atoms with E-state index in [1.165, 1.54) is 24.0 Å². The Hall–Kier alpha value is -1.23. The molecule has 92 valence electrons. The van der Waals surface area contributed by atoms with Crippen molar-refractivity contribution in [3.05, 3.63) is 52.1 Å². The number of carbonyl (C=O) groups is 1. The van der Waals surface area contributed by atoms with Crippen LogP contribution >= 0.6 is 35.0 Å². The number of halogens is 2. The number of aromatic carboxylic acids is 1. The maximum absolute atomic E-state index is 11.1. The van der Waals surface area contributed by atoms with Crippen LogP contribution in [0.2, 0.25) is 10.0 Å². The van der Waals surface area contributed by atoms with Crippen molar-refractivity contribution in [2.45, 2.75) is 9.92 Å². The van der Waals surface area contributed by atoms with E-state index in [0.29, 0.717) is 20.0 Å². The van der Waals surface area contributed by atoms with Gasteiger partial charge in [-0.25, -0.2) is 9.78 Å². The van der Waals surface area contributed by atoms with Crippen molar-refractivity contribution in [3.8, 4) is 0 Å². The van der Waals surface area contributed by atoms with Crippen LogP contribution in [0.3, 0.4) is 0 Å². The molecule has 2 rings (SSSR count). The molecule has 2 aromatic rings. The minimum absolute atomic E-state index is 0.157. The predicted octanol–water partition coefficient (Wildman–Crippen LogP) is 4.24. The highest BCUT2D eigenvalue weighted by Crippen LogP contribution is 2.31. The summed E-state index contributed by atoms with van der Waals surface area (Å²) in [6.07, 6.45) is 1.51.